The average Bonchev–Trinajstić information content (AvgIpc) is 2.96. The summed E-state index contributed by atoms with van der Waals surface area (Å²) in [6.07, 6.45) is 1.75. The summed E-state index contributed by atoms with van der Waals surface area (Å²) >= 11 is 0. The number of nitrogens with zero attached hydrogens (tertiary/aromatic N) is 2. The van der Waals surface area contributed by atoms with Crippen LogP contribution < -0.4 is 14.4 Å². The molecule has 0 saturated heterocycles. The summed E-state index contributed by atoms with van der Waals surface area (Å²) in [6.45, 7) is 8.15. The number of carbonyl (C=O) groups excluding carboxylic acids is 2. The van der Waals surface area contributed by atoms with E-state index < -0.39 is 28.5 Å². The first-order valence-corrected chi connectivity index (χ1v) is 15.0. The van der Waals surface area contributed by atoms with Crippen LogP contribution in [0.4, 0.5) is 5.69 Å². The highest BCUT2D eigenvalue weighted by Crippen LogP contribution is 2.26. The van der Waals surface area contributed by atoms with E-state index in [1.54, 1.807) is 49.4 Å². The number of para-hydroxylation sites is 1. The Labute approximate surface area is 238 Å². The summed E-state index contributed by atoms with van der Waals surface area (Å²) in [4.78, 5) is 28.5. The maximum atomic E-state index is 14.0. The molecule has 3 rings (SSSR count). The first-order chi connectivity index (χ1) is 19.2. The molecule has 1 atom stereocenters. The second-order valence-electron chi connectivity index (χ2n) is 9.52. The van der Waals surface area contributed by atoms with E-state index in [-0.39, 0.29) is 17.3 Å². The molecule has 0 aromatic heterocycles. The van der Waals surface area contributed by atoms with Gasteiger partial charge in [-0.1, -0.05) is 55.8 Å². The van der Waals surface area contributed by atoms with Gasteiger partial charge >= 0.3 is 0 Å². The number of benzene rings is 3. The molecule has 0 unspecified atom stereocenters. The van der Waals surface area contributed by atoms with E-state index in [4.69, 9.17) is 4.74 Å². The zero-order chi connectivity index (χ0) is 29.1. The molecule has 0 aliphatic carbocycles. The highest BCUT2D eigenvalue weighted by Gasteiger charge is 2.32. The van der Waals surface area contributed by atoms with E-state index >= 15 is 0 Å². The molecule has 8 nitrogen and oxygen atoms in total. The maximum Gasteiger partial charge on any atom is 0.264 e. The molecule has 1 N–H and O–H groups in total. The Morgan fingerprint density at radius 2 is 1.57 bits per heavy atom. The van der Waals surface area contributed by atoms with Crippen molar-refractivity contribution in [1.82, 2.24) is 10.2 Å². The standard InChI is InChI=1S/C31H39N3O5S/c1-5-7-21-32-31(36)25(4)33(22-26-14-12-11-13-24(26)3)30(35)23-34(27-15-9-8-10-16-27)40(37,38)29-19-17-28(18-20-29)39-6-2/h8-20,25H,5-7,21-23H2,1-4H3,(H,32,36)/t25-/m1/s1. The SMILES string of the molecule is CCCCNC(=O)[C@@H](C)N(Cc1ccccc1C)C(=O)CN(c1ccccc1)S(=O)(=O)c1ccc(OCC)cc1. The molecule has 40 heavy (non-hydrogen) atoms. The van der Waals surface area contributed by atoms with Gasteiger partial charge in [0.25, 0.3) is 10.0 Å². The lowest BCUT2D eigenvalue weighted by Gasteiger charge is -2.32. The minimum atomic E-state index is -4.13. The Morgan fingerprint density at radius 1 is 0.925 bits per heavy atom. The monoisotopic (exact) mass is 565 g/mol. The number of aryl methyl sites for hydroxylation is 1. The Morgan fingerprint density at radius 3 is 2.20 bits per heavy atom. The van der Waals surface area contributed by atoms with Crippen LogP contribution in [0.15, 0.2) is 83.8 Å². The highest BCUT2D eigenvalue weighted by atomic mass is 32.2. The fourth-order valence-corrected chi connectivity index (χ4v) is 5.63. The molecular weight excluding hydrogens is 526 g/mol. The van der Waals surface area contributed by atoms with Crippen LogP contribution in [0.2, 0.25) is 0 Å². The number of nitrogens with one attached hydrogen (secondary N) is 1. The van der Waals surface area contributed by atoms with Crippen LogP contribution in [0.3, 0.4) is 0 Å². The number of sulfonamides is 1. The first-order valence-electron chi connectivity index (χ1n) is 13.6. The minimum Gasteiger partial charge on any atom is -0.494 e. The zero-order valence-corrected chi connectivity index (χ0v) is 24.5. The van der Waals surface area contributed by atoms with Crippen molar-refractivity contribution in [1.29, 1.82) is 0 Å². The van der Waals surface area contributed by atoms with E-state index in [0.29, 0.717) is 24.6 Å². The van der Waals surface area contributed by atoms with Crippen molar-refractivity contribution in [3.63, 3.8) is 0 Å². The highest BCUT2D eigenvalue weighted by molar-refractivity contribution is 7.92. The molecule has 2 amide bonds. The van der Waals surface area contributed by atoms with Crippen molar-refractivity contribution in [2.75, 3.05) is 24.0 Å². The average molecular weight is 566 g/mol. The van der Waals surface area contributed by atoms with Crippen molar-refractivity contribution >= 4 is 27.5 Å². The summed E-state index contributed by atoms with van der Waals surface area (Å²) < 4.78 is 34.3. The number of carbonyl (C=O) groups is 2. The molecule has 214 valence electrons. The molecule has 0 heterocycles. The molecular formula is C31H39N3O5S. The lowest BCUT2D eigenvalue weighted by Crippen LogP contribution is -2.51. The number of ether oxygens (including phenoxy) is 1. The quantitative estimate of drug-likeness (QED) is 0.280. The fourth-order valence-electron chi connectivity index (χ4n) is 4.21. The van der Waals surface area contributed by atoms with Crippen molar-refractivity contribution in [3.05, 3.63) is 90.0 Å². The summed E-state index contributed by atoms with van der Waals surface area (Å²) in [6, 6.07) is 21.4. The zero-order valence-electron chi connectivity index (χ0n) is 23.7. The van der Waals surface area contributed by atoms with Crippen LogP contribution in [-0.2, 0) is 26.2 Å². The van der Waals surface area contributed by atoms with Gasteiger partial charge in [0.2, 0.25) is 11.8 Å². The lowest BCUT2D eigenvalue weighted by atomic mass is 10.1. The summed E-state index contributed by atoms with van der Waals surface area (Å²) in [5.74, 6) is -0.216. The van der Waals surface area contributed by atoms with E-state index in [9.17, 15) is 18.0 Å². The predicted molar refractivity (Wildman–Crippen MR) is 158 cm³/mol. The molecule has 0 aliphatic heterocycles. The lowest BCUT2D eigenvalue weighted by molar-refractivity contribution is -0.139. The molecule has 0 spiro atoms. The predicted octanol–water partition coefficient (Wildman–Crippen LogP) is 4.92. The van der Waals surface area contributed by atoms with E-state index in [1.807, 2.05) is 45.0 Å². The molecule has 3 aromatic rings. The molecule has 0 radical (unpaired) electrons. The second-order valence-corrected chi connectivity index (χ2v) is 11.4. The largest absolute Gasteiger partial charge is 0.494 e. The van der Waals surface area contributed by atoms with Gasteiger partial charge in [0.1, 0.15) is 18.3 Å². The topological polar surface area (TPSA) is 96.0 Å². The van der Waals surface area contributed by atoms with Crippen LogP contribution in [-0.4, -0.2) is 50.9 Å². The third-order valence-corrected chi connectivity index (χ3v) is 8.43. The molecule has 0 fully saturated rings. The number of hydrogen-bond acceptors (Lipinski definition) is 5. The number of unbranched alkanes of at least 4 members (excludes halogenated alkanes) is 1. The smallest absolute Gasteiger partial charge is 0.264 e. The molecule has 9 heteroatoms. The molecule has 0 bridgehead atoms. The summed E-state index contributed by atoms with van der Waals surface area (Å²) in [5.41, 5.74) is 2.20. The van der Waals surface area contributed by atoms with E-state index in [2.05, 4.69) is 5.32 Å². The van der Waals surface area contributed by atoms with Crippen LogP contribution in [0.1, 0.15) is 44.7 Å². The Hall–Kier alpha value is -3.85. The number of amides is 2. The normalized spacial score (nSPS) is 11.9. The van der Waals surface area contributed by atoms with Gasteiger partial charge in [0, 0.05) is 13.1 Å². The van der Waals surface area contributed by atoms with Crippen molar-refractivity contribution in [2.24, 2.45) is 0 Å². The van der Waals surface area contributed by atoms with Crippen LogP contribution in [0.25, 0.3) is 0 Å². The molecule has 3 aromatic carbocycles. The number of hydrogen-bond donors (Lipinski definition) is 1. The van der Waals surface area contributed by atoms with Gasteiger partial charge in [-0.2, -0.15) is 0 Å². The van der Waals surface area contributed by atoms with Crippen LogP contribution in [0.5, 0.6) is 5.75 Å². The summed E-state index contributed by atoms with van der Waals surface area (Å²) in [7, 11) is -4.13. The summed E-state index contributed by atoms with van der Waals surface area (Å²) in [5, 5.41) is 2.90. The van der Waals surface area contributed by atoms with Gasteiger partial charge in [-0.25, -0.2) is 8.42 Å². The van der Waals surface area contributed by atoms with Crippen molar-refractivity contribution < 1.29 is 22.7 Å². The Bertz CT molecular complexity index is 1360. The second kappa shape index (κ2) is 14.5. The maximum absolute atomic E-state index is 14.0. The van der Waals surface area contributed by atoms with Gasteiger partial charge in [0.05, 0.1) is 17.2 Å². The van der Waals surface area contributed by atoms with Crippen LogP contribution in [0, 0.1) is 6.92 Å². The van der Waals surface area contributed by atoms with E-state index in [0.717, 1.165) is 28.3 Å². The molecule has 0 aliphatic rings. The van der Waals surface area contributed by atoms with Crippen molar-refractivity contribution in [3.8, 4) is 5.75 Å². The first kappa shape index (κ1) is 30.7. The van der Waals surface area contributed by atoms with Gasteiger partial charge in [0.15, 0.2) is 0 Å². The van der Waals surface area contributed by atoms with Crippen molar-refractivity contribution in [2.45, 2.75) is 58.0 Å². The minimum absolute atomic E-state index is 0.0309. The Kier molecular flexibility index (Phi) is 11.1. The third-order valence-electron chi connectivity index (χ3n) is 6.64. The Balaban J connectivity index is 1.97. The number of anilines is 1. The van der Waals surface area contributed by atoms with Gasteiger partial charge in [-0.3, -0.25) is 13.9 Å². The van der Waals surface area contributed by atoms with Gasteiger partial charge < -0.3 is 15.0 Å². The molecule has 0 saturated carbocycles. The van der Waals surface area contributed by atoms with Gasteiger partial charge in [-0.05, 0) is 74.7 Å². The van der Waals surface area contributed by atoms with Gasteiger partial charge in [-0.15, -0.1) is 0 Å². The van der Waals surface area contributed by atoms with E-state index in [1.165, 1.54) is 17.0 Å². The third kappa shape index (κ3) is 7.85. The fraction of sp³-hybridized carbons (Fsp3) is 0.355. The number of rotatable bonds is 14. The van der Waals surface area contributed by atoms with Crippen LogP contribution >= 0.6 is 0 Å².